The van der Waals surface area contributed by atoms with Gasteiger partial charge in [0.15, 0.2) is 0 Å². The van der Waals surface area contributed by atoms with Gasteiger partial charge in [0.25, 0.3) is 0 Å². The van der Waals surface area contributed by atoms with Gasteiger partial charge in [0, 0.05) is 11.4 Å². The topological polar surface area (TPSA) is 3.24 Å². The summed E-state index contributed by atoms with van der Waals surface area (Å²) in [5, 5.41) is 0. The van der Waals surface area contributed by atoms with E-state index in [1.165, 1.54) is 30.6 Å². The molecule has 0 amide bonds. The minimum atomic E-state index is 0.420. The lowest BCUT2D eigenvalue weighted by Crippen LogP contribution is -2.33. The largest absolute Gasteiger partial charge is 0.338 e. The molecular formula is C22H29N. The molecule has 0 saturated carbocycles. The van der Waals surface area contributed by atoms with Gasteiger partial charge in [0.2, 0.25) is 0 Å². The zero-order chi connectivity index (χ0) is 16.3. The molecule has 0 spiro atoms. The molecule has 1 unspecified atom stereocenters. The second-order valence-corrected chi connectivity index (χ2v) is 5.92. The van der Waals surface area contributed by atoms with Gasteiger partial charge in [-0.05, 0) is 58.1 Å². The Morgan fingerprint density at radius 2 is 1.96 bits per heavy atom. The zero-order valence-corrected chi connectivity index (χ0v) is 14.5. The second kappa shape index (κ2) is 9.89. The van der Waals surface area contributed by atoms with Crippen LogP contribution in [-0.2, 0) is 0 Å². The number of hydrogen-bond donors (Lipinski definition) is 0. The predicted molar refractivity (Wildman–Crippen MR) is 103 cm³/mol. The van der Waals surface area contributed by atoms with Crippen LogP contribution in [0, 0.1) is 0 Å². The lowest BCUT2D eigenvalue weighted by Gasteiger charge is -2.34. The number of allylic oxidation sites excluding steroid dienone is 6. The van der Waals surface area contributed by atoms with Gasteiger partial charge in [-0.15, -0.1) is 0 Å². The van der Waals surface area contributed by atoms with E-state index >= 15 is 0 Å². The molecule has 1 aliphatic carbocycles. The molecule has 0 aliphatic heterocycles. The molecule has 122 valence electrons. The Bertz CT molecular complexity index is 563. The van der Waals surface area contributed by atoms with Gasteiger partial charge >= 0.3 is 0 Å². The van der Waals surface area contributed by atoms with E-state index in [1.54, 1.807) is 0 Å². The molecule has 1 aromatic carbocycles. The molecule has 0 radical (unpaired) electrons. The molecule has 0 aromatic heterocycles. The third-order valence-electron chi connectivity index (χ3n) is 4.26. The quantitative estimate of drug-likeness (QED) is 0.396. The highest BCUT2D eigenvalue weighted by atomic mass is 15.2. The fourth-order valence-electron chi connectivity index (χ4n) is 3.06. The van der Waals surface area contributed by atoms with Crippen LogP contribution in [-0.4, -0.2) is 6.04 Å². The molecule has 1 nitrogen and oxygen atoms in total. The summed E-state index contributed by atoms with van der Waals surface area (Å²) in [6, 6.07) is 11.2. The first kappa shape index (κ1) is 17.3. The number of unbranched alkanes of at least 4 members (excludes halogenated alkanes) is 2. The lowest BCUT2D eigenvalue weighted by atomic mass is 10.0. The van der Waals surface area contributed by atoms with E-state index in [9.17, 15) is 0 Å². The molecule has 1 atom stereocenters. The van der Waals surface area contributed by atoms with Gasteiger partial charge in [-0.2, -0.15) is 0 Å². The number of para-hydroxylation sites is 1. The molecule has 1 aliphatic rings. The van der Waals surface area contributed by atoms with Crippen LogP contribution >= 0.6 is 0 Å². The van der Waals surface area contributed by atoms with Crippen molar-refractivity contribution in [3.63, 3.8) is 0 Å². The van der Waals surface area contributed by atoms with E-state index in [2.05, 4.69) is 91.6 Å². The minimum Gasteiger partial charge on any atom is -0.338 e. The Hall–Kier alpha value is -2.02. The van der Waals surface area contributed by atoms with Crippen molar-refractivity contribution in [1.29, 1.82) is 0 Å². The van der Waals surface area contributed by atoms with Gasteiger partial charge in [0.05, 0.1) is 6.04 Å². The van der Waals surface area contributed by atoms with Crippen molar-refractivity contribution >= 4 is 5.69 Å². The van der Waals surface area contributed by atoms with Gasteiger partial charge in [-0.1, -0.05) is 60.7 Å². The Morgan fingerprint density at radius 1 is 1.13 bits per heavy atom. The zero-order valence-electron chi connectivity index (χ0n) is 14.5. The monoisotopic (exact) mass is 307 g/mol. The standard InChI is InChI=1S/C22H29N/c1-3-5-6-7-10-15-20(4-2)23(21-16-11-8-12-17-21)22-18-13-9-14-19-22/h3-5,8-9,11-14,16-18,22H,6-7,10,15,19H2,1-2H3. The second-order valence-electron chi connectivity index (χ2n) is 5.92. The first-order valence-electron chi connectivity index (χ1n) is 8.80. The SMILES string of the molecule is CC=CCCCCC(=CC)N(c1ccccc1)C1C=CC=CC1. The summed E-state index contributed by atoms with van der Waals surface area (Å²) in [5.74, 6) is 0. The van der Waals surface area contributed by atoms with E-state index in [4.69, 9.17) is 0 Å². The van der Waals surface area contributed by atoms with Crippen LogP contribution in [0.15, 0.2) is 78.6 Å². The summed E-state index contributed by atoms with van der Waals surface area (Å²) in [6.45, 7) is 4.26. The van der Waals surface area contributed by atoms with Crippen LogP contribution in [0.4, 0.5) is 5.69 Å². The average Bonchev–Trinajstić information content (AvgIpc) is 2.62. The Morgan fingerprint density at radius 3 is 2.61 bits per heavy atom. The average molecular weight is 307 g/mol. The molecule has 0 N–H and O–H groups in total. The Balaban J connectivity index is 2.11. The Labute approximate surface area is 141 Å². The van der Waals surface area contributed by atoms with Crippen LogP contribution in [0.2, 0.25) is 0 Å². The lowest BCUT2D eigenvalue weighted by molar-refractivity contribution is 0.677. The summed E-state index contributed by atoms with van der Waals surface area (Å²) in [6.07, 6.45) is 21.5. The van der Waals surface area contributed by atoms with E-state index in [-0.39, 0.29) is 0 Å². The molecule has 2 rings (SSSR count). The molecule has 0 bridgehead atoms. The van der Waals surface area contributed by atoms with Crippen molar-refractivity contribution in [2.24, 2.45) is 0 Å². The maximum absolute atomic E-state index is 2.51. The third kappa shape index (κ3) is 5.28. The highest BCUT2D eigenvalue weighted by molar-refractivity contribution is 5.54. The number of hydrogen-bond acceptors (Lipinski definition) is 1. The highest BCUT2D eigenvalue weighted by Gasteiger charge is 2.19. The van der Waals surface area contributed by atoms with Gasteiger partial charge in [-0.3, -0.25) is 0 Å². The van der Waals surface area contributed by atoms with Crippen LogP contribution in [0.1, 0.15) is 46.0 Å². The van der Waals surface area contributed by atoms with E-state index < -0.39 is 0 Å². The molecule has 1 heteroatoms. The molecule has 1 aromatic rings. The first-order valence-corrected chi connectivity index (χ1v) is 8.80. The summed E-state index contributed by atoms with van der Waals surface area (Å²) in [5.41, 5.74) is 2.72. The number of nitrogens with zero attached hydrogens (tertiary/aromatic N) is 1. The normalized spacial score (nSPS) is 17.8. The first-order chi connectivity index (χ1) is 11.4. The van der Waals surface area contributed by atoms with Crippen LogP contribution in [0.25, 0.3) is 0 Å². The fourth-order valence-corrected chi connectivity index (χ4v) is 3.06. The van der Waals surface area contributed by atoms with Crippen LogP contribution < -0.4 is 4.90 Å². The highest BCUT2D eigenvalue weighted by Crippen LogP contribution is 2.28. The number of rotatable bonds is 8. The fraction of sp³-hybridized carbons (Fsp3) is 0.364. The van der Waals surface area contributed by atoms with Gasteiger partial charge in [-0.25, -0.2) is 0 Å². The van der Waals surface area contributed by atoms with Crippen molar-refractivity contribution in [1.82, 2.24) is 0 Å². The molecule has 0 fully saturated rings. The third-order valence-corrected chi connectivity index (χ3v) is 4.26. The van der Waals surface area contributed by atoms with Gasteiger partial charge in [0.1, 0.15) is 0 Å². The van der Waals surface area contributed by atoms with Crippen molar-refractivity contribution < 1.29 is 0 Å². The minimum absolute atomic E-state index is 0.420. The van der Waals surface area contributed by atoms with Crippen molar-refractivity contribution in [3.8, 4) is 0 Å². The summed E-state index contributed by atoms with van der Waals surface area (Å²) < 4.78 is 0. The molecule has 23 heavy (non-hydrogen) atoms. The van der Waals surface area contributed by atoms with Gasteiger partial charge < -0.3 is 4.90 Å². The summed E-state index contributed by atoms with van der Waals surface area (Å²) in [4.78, 5) is 2.51. The number of benzene rings is 1. The molecule has 0 heterocycles. The summed E-state index contributed by atoms with van der Waals surface area (Å²) >= 11 is 0. The maximum atomic E-state index is 2.51. The van der Waals surface area contributed by atoms with Crippen LogP contribution in [0.5, 0.6) is 0 Å². The molecular weight excluding hydrogens is 278 g/mol. The summed E-state index contributed by atoms with van der Waals surface area (Å²) in [7, 11) is 0. The van der Waals surface area contributed by atoms with E-state index in [1.807, 2.05) is 0 Å². The maximum Gasteiger partial charge on any atom is 0.0556 e. The predicted octanol–water partition coefficient (Wildman–Crippen LogP) is 6.42. The van der Waals surface area contributed by atoms with E-state index in [0.717, 1.165) is 12.8 Å². The van der Waals surface area contributed by atoms with Crippen molar-refractivity contribution in [3.05, 3.63) is 78.6 Å². The van der Waals surface area contributed by atoms with Crippen molar-refractivity contribution in [2.75, 3.05) is 4.90 Å². The molecule has 0 saturated heterocycles. The smallest absolute Gasteiger partial charge is 0.0556 e. The van der Waals surface area contributed by atoms with Crippen molar-refractivity contribution in [2.45, 2.75) is 52.0 Å². The van der Waals surface area contributed by atoms with E-state index in [0.29, 0.717) is 6.04 Å². The Kier molecular flexibility index (Phi) is 7.45. The number of anilines is 1. The van der Waals surface area contributed by atoms with Crippen LogP contribution in [0.3, 0.4) is 0 Å².